The molecule has 0 spiro atoms. The summed E-state index contributed by atoms with van der Waals surface area (Å²) in [5.74, 6) is 1.43. The highest BCUT2D eigenvalue weighted by atomic mass is 31.2. The first-order chi connectivity index (χ1) is 13.5. The zero-order valence-corrected chi connectivity index (χ0v) is 20.9. The lowest BCUT2D eigenvalue weighted by Crippen LogP contribution is -2.16. The van der Waals surface area contributed by atoms with Crippen molar-refractivity contribution in [2.75, 3.05) is 19.4 Å². The standard InChI is InChI=1S/C24H51O3P/c1-7-13-16-22(10-4)19-26-28(25,21-24(12-6)18-15-9-3)27-20-23(11-5)17-14-8-2/h22-24H,7-21H2,1-6H3. The molecule has 0 aromatic rings. The first-order valence-electron chi connectivity index (χ1n) is 12.4. The van der Waals surface area contributed by atoms with E-state index in [9.17, 15) is 4.57 Å². The summed E-state index contributed by atoms with van der Waals surface area (Å²) < 4.78 is 25.9. The van der Waals surface area contributed by atoms with Crippen molar-refractivity contribution in [3.05, 3.63) is 0 Å². The minimum atomic E-state index is -3.03. The maximum Gasteiger partial charge on any atom is 0.330 e. The van der Waals surface area contributed by atoms with Crippen molar-refractivity contribution < 1.29 is 13.6 Å². The van der Waals surface area contributed by atoms with Crippen molar-refractivity contribution in [1.29, 1.82) is 0 Å². The van der Waals surface area contributed by atoms with Gasteiger partial charge in [0.1, 0.15) is 0 Å². The fourth-order valence-corrected chi connectivity index (χ4v) is 5.84. The molecule has 28 heavy (non-hydrogen) atoms. The Kier molecular flexibility index (Phi) is 18.1. The van der Waals surface area contributed by atoms with E-state index in [2.05, 4.69) is 41.5 Å². The van der Waals surface area contributed by atoms with Crippen LogP contribution in [0.25, 0.3) is 0 Å². The van der Waals surface area contributed by atoms with E-state index in [0.717, 1.165) is 38.5 Å². The summed E-state index contributed by atoms with van der Waals surface area (Å²) in [6, 6.07) is 0. The Morgan fingerprint density at radius 3 is 1.29 bits per heavy atom. The van der Waals surface area contributed by atoms with Gasteiger partial charge in [0.15, 0.2) is 0 Å². The second-order valence-electron chi connectivity index (χ2n) is 8.63. The highest BCUT2D eigenvalue weighted by Crippen LogP contribution is 2.52. The van der Waals surface area contributed by atoms with Crippen LogP contribution in [0, 0.1) is 17.8 Å². The van der Waals surface area contributed by atoms with Gasteiger partial charge in [-0.3, -0.25) is 4.57 Å². The monoisotopic (exact) mass is 418 g/mol. The van der Waals surface area contributed by atoms with Gasteiger partial charge in [-0.2, -0.15) is 0 Å². The van der Waals surface area contributed by atoms with E-state index in [1.54, 1.807) is 0 Å². The van der Waals surface area contributed by atoms with Crippen LogP contribution in [-0.2, 0) is 13.6 Å². The molecule has 0 heterocycles. The third kappa shape index (κ3) is 13.4. The summed E-state index contributed by atoms with van der Waals surface area (Å²) in [4.78, 5) is 0. The lowest BCUT2D eigenvalue weighted by atomic mass is 10.0. The zero-order valence-electron chi connectivity index (χ0n) is 20.0. The minimum absolute atomic E-state index is 0.442. The Morgan fingerprint density at radius 1 is 0.607 bits per heavy atom. The normalized spacial score (nSPS) is 17.2. The Hall–Kier alpha value is 0.150. The zero-order chi connectivity index (χ0) is 21.3. The maximum atomic E-state index is 13.7. The number of hydrogen-bond acceptors (Lipinski definition) is 3. The van der Waals surface area contributed by atoms with Crippen molar-refractivity contribution in [2.45, 2.75) is 119 Å². The van der Waals surface area contributed by atoms with Gasteiger partial charge in [0, 0.05) is 0 Å². The average molecular weight is 419 g/mol. The molecule has 0 radical (unpaired) electrons. The smallest absolute Gasteiger partial charge is 0.308 e. The molecule has 3 atom stereocenters. The van der Waals surface area contributed by atoms with Gasteiger partial charge in [-0.05, 0) is 37.0 Å². The van der Waals surface area contributed by atoms with Crippen LogP contribution in [0.2, 0.25) is 0 Å². The molecule has 0 amide bonds. The van der Waals surface area contributed by atoms with Gasteiger partial charge >= 0.3 is 7.60 Å². The fourth-order valence-electron chi connectivity index (χ4n) is 3.61. The highest BCUT2D eigenvalue weighted by molar-refractivity contribution is 7.53. The molecule has 0 fully saturated rings. The molecule has 0 aromatic heterocycles. The summed E-state index contributed by atoms with van der Waals surface area (Å²) >= 11 is 0. The third-order valence-corrected chi connectivity index (χ3v) is 8.17. The van der Waals surface area contributed by atoms with Crippen LogP contribution >= 0.6 is 7.60 Å². The first kappa shape index (κ1) is 28.1. The number of unbranched alkanes of at least 4 members (excludes halogenated alkanes) is 3. The second-order valence-corrected chi connectivity index (χ2v) is 10.7. The highest BCUT2D eigenvalue weighted by Gasteiger charge is 2.30. The van der Waals surface area contributed by atoms with E-state index in [-0.39, 0.29) is 0 Å². The maximum absolute atomic E-state index is 13.7. The first-order valence-corrected chi connectivity index (χ1v) is 14.1. The largest absolute Gasteiger partial charge is 0.330 e. The van der Waals surface area contributed by atoms with Crippen LogP contribution in [0.1, 0.15) is 119 Å². The number of rotatable bonds is 20. The fraction of sp³-hybridized carbons (Fsp3) is 1.00. The molecule has 3 unspecified atom stereocenters. The van der Waals surface area contributed by atoms with E-state index >= 15 is 0 Å². The molecule has 4 heteroatoms. The van der Waals surface area contributed by atoms with Crippen LogP contribution in [0.5, 0.6) is 0 Å². The molecule has 0 N–H and O–H groups in total. The molecule has 0 aliphatic rings. The van der Waals surface area contributed by atoms with Crippen molar-refractivity contribution >= 4 is 7.60 Å². The van der Waals surface area contributed by atoms with Crippen LogP contribution in [0.15, 0.2) is 0 Å². The Bertz CT molecular complexity index is 362. The molecular weight excluding hydrogens is 367 g/mol. The van der Waals surface area contributed by atoms with Gasteiger partial charge in [0.2, 0.25) is 0 Å². The van der Waals surface area contributed by atoms with E-state index in [4.69, 9.17) is 9.05 Å². The molecule has 3 nitrogen and oxygen atoms in total. The molecule has 0 bridgehead atoms. The van der Waals surface area contributed by atoms with Gasteiger partial charge < -0.3 is 9.05 Å². The van der Waals surface area contributed by atoms with E-state index < -0.39 is 7.60 Å². The number of hydrogen-bond donors (Lipinski definition) is 0. The quantitative estimate of drug-likeness (QED) is 0.185. The molecule has 0 saturated heterocycles. The predicted octanol–water partition coefficient (Wildman–Crippen LogP) is 8.86. The second kappa shape index (κ2) is 18.0. The molecule has 0 aromatic carbocycles. The van der Waals surface area contributed by atoms with Crippen LogP contribution in [-0.4, -0.2) is 19.4 Å². The van der Waals surface area contributed by atoms with Crippen LogP contribution in [0.4, 0.5) is 0 Å². The molecule has 0 saturated carbocycles. The SMILES string of the molecule is CCCCC(CC)COP(=O)(CC(CC)CCCC)OCC(CC)CCCC. The predicted molar refractivity (Wildman–Crippen MR) is 124 cm³/mol. The Balaban J connectivity index is 4.97. The van der Waals surface area contributed by atoms with Gasteiger partial charge in [0.25, 0.3) is 0 Å². The molecular formula is C24H51O3P. The van der Waals surface area contributed by atoms with Gasteiger partial charge in [-0.15, -0.1) is 0 Å². The summed E-state index contributed by atoms with van der Waals surface area (Å²) in [5, 5.41) is 0. The van der Waals surface area contributed by atoms with E-state index in [1.165, 1.54) is 38.5 Å². The van der Waals surface area contributed by atoms with E-state index in [1.807, 2.05) is 0 Å². The van der Waals surface area contributed by atoms with Crippen LogP contribution < -0.4 is 0 Å². The molecule has 0 rings (SSSR count). The van der Waals surface area contributed by atoms with Crippen LogP contribution in [0.3, 0.4) is 0 Å². The summed E-state index contributed by atoms with van der Waals surface area (Å²) in [6.45, 7) is 14.5. The molecule has 0 aliphatic heterocycles. The Labute approximate surface area is 177 Å². The molecule has 170 valence electrons. The van der Waals surface area contributed by atoms with Crippen molar-refractivity contribution in [3.63, 3.8) is 0 Å². The van der Waals surface area contributed by atoms with Gasteiger partial charge in [-0.1, -0.05) is 99.3 Å². The van der Waals surface area contributed by atoms with Crippen molar-refractivity contribution in [3.8, 4) is 0 Å². The summed E-state index contributed by atoms with van der Waals surface area (Å²) in [5.41, 5.74) is 0. The topological polar surface area (TPSA) is 35.5 Å². The van der Waals surface area contributed by atoms with Crippen molar-refractivity contribution in [2.24, 2.45) is 17.8 Å². The summed E-state index contributed by atoms with van der Waals surface area (Å²) in [7, 11) is -3.03. The van der Waals surface area contributed by atoms with Crippen molar-refractivity contribution in [1.82, 2.24) is 0 Å². The summed E-state index contributed by atoms with van der Waals surface area (Å²) in [6.07, 6.45) is 14.5. The molecule has 0 aliphatic carbocycles. The Morgan fingerprint density at radius 2 is 0.964 bits per heavy atom. The minimum Gasteiger partial charge on any atom is -0.308 e. The third-order valence-electron chi connectivity index (χ3n) is 6.13. The average Bonchev–Trinajstić information content (AvgIpc) is 2.71. The van der Waals surface area contributed by atoms with Gasteiger partial charge in [0.05, 0.1) is 19.4 Å². The lowest BCUT2D eigenvalue weighted by Gasteiger charge is -2.27. The van der Waals surface area contributed by atoms with Gasteiger partial charge in [-0.25, -0.2) is 0 Å². The lowest BCUT2D eigenvalue weighted by molar-refractivity contribution is 0.148. The van der Waals surface area contributed by atoms with E-state index in [0.29, 0.717) is 37.1 Å².